The maximum atomic E-state index is 12.3. The highest BCUT2D eigenvalue weighted by molar-refractivity contribution is 5.91. The number of carbonyl (C=O) groups excluding carboxylic acids is 1. The lowest BCUT2D eigenvalue weighted by molar-refractivity contribution is 0.0721. The largest absolute Gasteiger partial charge is 0.331 e. The fraction of sp³-hybridized carbons (Fsp3) is 0.636. The van der Waals surface area contributed by atoms with Crippen LogP contribution in [-0.2, 0) is 7.05 Å². The van der Waals surface area contributed by atoms with Crippen LogP contribution in [0.3, 0.4) is 0 Å². The number of amides is 1. The second kappa shape index (κ2) is 3.59. The molecule has 5 heteroatoms. The number of imidazole rings is 1. The average Bonchev–Trinajstić information content (AvgIpc) is 2.90. The van der Waals surface area contributed by atoms with Crippen molar-refractivity contribution in [3.05, 3.63) is 18.2 Å². The van der Waals surface area contributed by atoms with E-state index in [0.29, 0.717) is 17.8 Å². The second-order valence-corrected chi connectivity index (χ2v) is 4.63. The number of fused-ring (bicyclic) bond motifs is 1. The van der Waals surface area contributed by atoms with E-state index in [1.807, 2.05) is 18.1 Å². The molecule has 0 aromatic carbocycles. The fourth-order valence-corrected chi connectivity index (χ4v) is 2.80. The number of nitrogens with zero attached hydrogens (tertiary/aromatic N) is 3. The topological polar surface area (TPSA) is 50.2 Å². The molecule has 2 aliphatic heterocycles. The van der Waals surface area contributed by atoms with E-state index in [2.05, 4.69) is 10.3 Å². The normalized spacial score (nSPS) is 28.4. The molecule has 3 rings (SSSR count). The van der Waals surface area contributed by atoms with Crippen LogP contribution in [-0.4, -0.2) is 46.0 Å². The molecular formula is C11H16N4O. The third kappa shape index (κ3) is 1.35. The van der Waals surface area contributed by atoms with Gasteiger partial charge in [-0.3, -0.25) is 4.79 Å². The lowest BCUT2D eigenvalue weighted by Crippen LogP contribution is -2.40. The van der Waals surface area contributed by atoms with Gasteiger partial charge in [0.2, 0.25) is 0 Å². The van der Waals surface area contributed by atoms with Gasteiger partial charge < -0.3 is 14.8 Å². The van der Waals surface area contributed by atoms with Crippen molar-refractivity contribution in [2.75, 3.05) is 19.6 Å². The molecule has 1 aromatic rings. The number of carbonyl (C=O) groups is 1. The molecule has 16 heavy (non-hydrogen) atoms. The third-order valence-corrected chi connectivity index (χ3v) is 3.72. The van der Waals surface area contributed by atoms with Crippen molar-refractivity contribution >= 4 is 5.91 Å². The highest BCUT2D eigenvalue weighted by atomic mass is 16.2. The van der Waals surface area contributed by atoms with Gasteiger partial charge in [0.05, 0.1) is 0 Å². The first-order valence-electron chi connectivity index (χ1n) is 5.76. The van der Waals surface area contributed by atoms with Crippen LogP contribution >= 0.6 is 0 Å². The van der Waals surface area contributed by atoms with Crippen LogP contribution < -0.4 is 5.32 Å². The van der Waals surface area contributed by atoms with Crippen LogP contribution in [0.2, 0.25) is 0 Å². The Balaban J connectivity index is 1.83. The fourth-order valence-electron chi connectivity index (χ4n) is 2.80. The van der Waals surface area contributed by atoms with Gasteiger partial charge in [0.15, 0.2) is 5.82 Å². The molecule has 0 saturated carbocycles. The first kappa shape index (κ1) is 9.84. The summed E-state index contributed by atoms with van der Waals surface area (Å²) in [6.07, 6.45) is 4.61. The molecule has 0 radical (unpaired) electrons. The Morgan fingerprint density at radius 2 is 2.44 bits per heavy atom. The lowest BCUT2D eigenvalue weighted by atomic mass is 10.1. The molecule has 0 bridgehead atoms. The first-order chi connectivity index (χ1) is 7.77. The zero-order valence-electron chi connectivity index (χ0n) is 9.39. The minimum absolute atomic E-state index is 0.0729. The van der Waals surface area contributed by atoms with Crippen molar-refractivity contribution in [2.24, 2.45) is 13.0 Å². The quantitative estimate of drug-likeness (QED) is 0.716. The van der Waals surface area contributed by atoms with Gasteiger partial charge in [-0.15, -0.1) is 0 Å². The average molecular weight is 220 g/mol. The number of aromatic nitrogens is 2. The van der Waals surface area contributed by atoms with Crippen molar-refractivity contribution in [3.8, 4) is 0 Å². The summed E-state index contributed by atoms with van der Waals surface area (Å²) in [6, 6.07) is 0.379. The van der Waals surface area contributed by atoms with E-state index >= 15 is 0 Å². The Kier molecular flexibility index (Phi) is 2.21. The van der Waals surface area contributed by atoms with E-state index < -0.39 is 0 Å². The van der Waals surface area contributed by atoms with Gasteiger partial charge in [0, 0.05) is 45.1 Å². The number of hydrogen-bond donors (Lipinski definition) is 1. The summed E-state index contributed by atoms with van der Waals surface area (Å²) >= 11 is 0. The monoisotopic (exact) mass is 220 g/mol. The predicted octanol–water partition coefficient (Wildman–Crippen LogP) is -0.146. The molecule has 0 aliphatic carbocycles. The molecule has 86 valence electrons. The van der Waals surface area contributed by atoms with E-state index in [1.54, 1.807) is 10.8 Å². The third-order valence-electron chi connectivity index (χ3n) is 3.72. The van der Waals surface area contributed by atoms with Gasteiger partial charge in [-0.05, 0) is 12.3 Å². The van der Waals surface area contributed by atoms with Crippen LogP contribution in [0.1, 0.15) is 17.0 Å². The van der Waals surface area contributed by atoms with Crippen molar-refractivity contribution in [2.45, 2.75) is 12.5 Å². The van der Waals surface area contributed by atoms with Crippen LogP contribution in [0.5, 0.6) is 0 Å². The summed E-state index contributed by atoms with van der Waals surface area (Å²) in [5.74, 6) is 1.26. The summed E-state index contributed by atoms with van der Waals surface area (Å²) in [7, 11) is 1.86. The smallest absolute Gasteiger partial charge is 0.290 e. The summed E-state index contributed by atoms with van der Waals surface area (Å²) in [5, 5.41) is 3.35. The van der Waals surface area contributed by atoms with Crippen molar-refractivity contribution in [3.63, 3.8) is 0 Å². The summed E-state index contributed by atoms with van der Waals surface area (Å²) < 4.78 is 1.79. The van der Waals surface area contributed by atoms with Crippen molar-refractivity contribution < 1.29 is 4.79 Å². The van der Waals surface area contributed by atoms with E-state index in [1.165, 1.54) is 0 Å². The maximum Gasteiger partial charge on any atom is 0.290 e. The maximum absolute atomic E-state index is 12.3. The summed E-state index contributed by atoms with van der Waals surface area (Å²) in [4.78, 5) is 18.4. The SMILES string of the molecule is Cn1ccnc1C(=O)N1CC[C@H]2CNC[C@H]21. The molecule has 2 aliphatic rings. The number of hydrogen-bond acceptors (Lipinski definition) is 3. The molecule has 2 saturated heterocycles. The van der Waals surface area contributed by atoms with Crippen molar-refractivity contribution in [1.82, 2.24) is 19.8 Å². The van der Waals surface area contributed by atoms with Gasteiger partial charge in [-0.2, -0.15) is 0 Å². The van der Waals surface area contributed by atoms with Crippen LogP contribution in [0.4, 0.5) is 0 Å². The molecule has 1 amide bonds. The van der Waals surface area contributed by atoms with Crippen LogP contribution in [0.15, 0.2) is 12.4 Å². The lowest BCUT2D eigenvalue weighted by Gasteiger charge is -2.22. The zero-order valence-corrected chi connectivity index (χ0v) is 9.39. The Hall–Kier alpha value is -1.36. The van der Waals surface area contributed by atoms with E-state index in [0.717, 1.165) is 26.1 Å². The van der Waals surface area contributed by atoms with Gasteiger partial charge >= 0.3 is 0 Å². The standard InChI is InChI=1S/C11H16N4O/c1-14-5-3-13-10(14)11(16)15-4-2-8-6-12-7-9(8)15/h3,5,8-9,12H,2,4,6-7H2,1H3/t8-,9+/m0/s1. The van der Waals surface area contributed by atoms with E-state index in [-0.39, 0.29) is 5.91 Å². The highest BCUT2D eigenvalue weighted by Gasteiger charge is 2.40. The number of rotatable bonds is 1. The first-order valence-corrected chi connectivity index (χ1v) is 5.76. The Morgan fingerprint density at radius 1 is 1.56 bits per heavy atom. The number of nitrogens with one attached hydrogen (secondary N) is 1. The van der Waals surface area contributed by atoms with E-state index in [9.17, 15) is 4.79 Å². The van der Waals surface area contributed by atoms with Gasteiger partial charge in [0.1, 0.15) is 0 Å². The summed E-state index contributed by atoms with van der Waals surface area (Å²) in [5.41, 5.74) is 0. The molecule has 5 nitrogen and oxygen atoms in total. The number of aryl methyl sites for hydroxylation is 1. The summed E-state index contributed by atoms with van der Waals surface area (Å²) in [6.45, 7) is 2.86. The molecule has 3 heterocycles. The minimum atomic E-state index is 0.0729. The Bertz CT molecular complexity index is 414. The molecule has 1 aromatic heterocycles. The molecule has 2 atom stereocenters. The van der Waals surface area contributed by atoms with Crippen molar-refractivity contribution in [1.29, 1.82) is 0 Å². The molecular weight excluding hydrogens is 204 g/mol. The predicted molar refractivity (Wildman–Crippen MR) is 59.0 cm³/mol. The van der Waals surface area contributed by atoms with Gasteiger partial charge in [-0.25, -0.2) is 4.98 Å². The second-order valence-electron chi connectivity index (χ2n) is 4.63. The Labute approximate surface area is 94.4 Å². The van der Waals surface area contributed by atoms with Gasteiger partial charge in [-0.1, -0.05) is 0 Å². The van der Waals surface area contributed by atoms with Gasteiger partial charge in [0.25, 0.3) is 5.91 Å². The molecule has 2 fully saturated rings. The van der Waals surface area contributed by atoms with E-state index in [4.69, 9.17) is 0 Å². The minimum Gasteiger partial charge on any atom is -0.331 e. The molecule has 0 spiro atoms. The Morgan fingerprint density at radius 3 is 3.19 bits per heavy atom. The molecule has 1 N–H and O–H groups in total. The number of likely N-dealkylation sites (tertiary alicyclic amines) is 1. The van der Waals surface area contributed by atoms with Crippen LogP contribution in [0, 0.1) is 5.92 Å². The highest BCUT2D eigenvalue weighted by Crippen LogP contribution is 2.28. The van der Waals surface area contributed by atoms with Crippen LogP contribution in [0.25, 0.3) is 0 Å². The zero-order chi connectivity index (χ0) is 11.1. The molecule has 0 unspecified atom stereocenters.